The molecule has 7 N–H and O–H groups in total. The Bertz CT molecular complexity index is 662. The minimum atomic E-state index is -1.10. The molecule has 2 unspecified atom stereocenters. The lowest BCUT2D eigenvalue weighted by atomic mass is 10.0. The first-order chi connectivity index (χ1) is 11.8. The van der Waals surface area contributed by atoms with Gasteiger partial charge in [-0.05, 0) is 36.1 Å². The fourth-order valence-corrected chi connectivity index (χ4v) is 2.22. The lowest BCUT2D eigenvalue weighted by Crippen LogP contribution is -2.32. The molecule has 6 heteroatoms. The predicted octanol–water partition coefficient (Wildman–Crippen LogP) is 2.54. The van der Waals surface area contributed by atoms with E-state index in [0.717, 1.165) is 12.8 Å². The number of benzene rings is 2. The number of carbonyl (C=O) groups is 1. The second-order valence-corrected chi connectivity index (χ2v) is 5.78. The molecular weight excluding hydrogens is 320 g/mol. The molecule has 2 atom stereocenters. The molecule has 136 valence electrons. The van der Waals surface area contributed by atoms with Crippen LogP contribution < -0.4 is 11.5 Å². The Kier molecular flexibility index (Phi) is 8.46. The summed E-state index contributed by atoms with van der Waals surface area (Å²) in [5.74, 6) is -1.62. The van der Waals surface area contributed by atoms with Gasteiger partial charge in [-0.1, -0.05) is 49.7 Å². The molecule has 2 rings (SSSR count). The molecule has 0 aromatic heterocycles. The van der Waals surface area contributed by atoms with Gasteiger partial charge in [-0.3, -0.25) is 4.79 Å². The first-order valence-electron chi connectivity index (χ1n) is 8.14. The van der Waals surface area contributed by atoms with Crippen LogP contribution in [0.5, 0.6) is 11.5 Å². The van der Waals surface area contributed by atoms with E-state index in [4.69, 9.17) is 26.8 Å². The molecule has 0 saturated carbocycles. The van der Waals surface area contributed by atoms with E-state index in [2.05, 4.69) is 19.1 Å². The number of aromatic hydroxyl groups is 2. The Morgan fingerprint density at radius 1 is 1.04 bits per heavy atom. The van der Waals surface area contributed by atoms with E-state index in [1.165, 1.54) is 23.8 Å². The number of phenolic OH excluding ortho intramolecular Hbond substituents is 2. The van der Waals surface area contributed by atoms with Crippen LogP contribution in [0.1, 0.15) is 36.9 Å². The minimum Gasteiger partial charge on any atom is -0.504 e. The summed E-state index contributed by atoms with van der Waals surface area (Å²) in [6, 6.07) is 13.6. The number of carboxylic acids is 1. The molecule has 6 nitrogen and oxygen atoms in total. The topological polar surface area (TPSA) is 130 Å². The van der Waals surface area contributed by atoms with E-state index < -0.39 is 12.0 Å². The lowest BCUT2D eigenvalue weighted by molar-refractivity contribution is -0.138. The third-order valence-electron chi connectivity index (χ3n) is 3.64. The van der Waals surface area contributed by atoms with Crippen LogP contribution in [-0.4, -0.2) is 27.3 Å². The van der Waals surface area contributed by atoms with Crippen molar-refractivity contribution in [3.63, 3.8) is 0 Å². The van der Waals surface area contributed by atoms with E-state index in [1.807, 2.05) is 18.2 Å². The monoisotopic (exact) mass is 346 g/mol. The first-order valence-corrected chi connectivity index (χ1v) is 8.14. The molecule has 0 spiro atoms. The Balaban J connectivity index is 0.000000257. The first kappa shape index (κ1) is 20.5. The van der Waals surface area contributed by atoms with Crippen molar-refractivity contribution in [1.29, 1.82) is 0 Å². The zero-order valence-corrected chi connectivity index (χ0v) is 14.3. The van der Waals surface area contributed by atoms with Crippen LogP contribution in [0.15, 0.2) is 48.5 Å². The highest BCUT2D eigenvalue weighted by Gasteiger charge is 2.12. The molecule has 0 amide bonds. The number of rotatable bonds is 6. The number of aliphatic carboxylic acids is 1. The quantitative estimate of drug-likeness (QED) is 0.511. The van der Waals surface area contributed by atoms with Gasteiger partial charge < -0.3 is 26.8 Å². The number of phenols is 2. The van der Waals surface area contributed by atoms with E-state index in [1.54, 1.807) is 0 Å². The normalized spacial score (nSPS) is 12.6. The molecule has 2 aromatic carbocycles. The summed E-state index contributed by atoms with van der Waals surface area (Å²) in [6.45, 7) is 2.16. The number of nitrogens with two attached hydrogens (primary N) is 2. The van der Waals surface area contributed by atoms with Crippen LogP contribution in [0.25, 0.3) is 0 Å². The van der Waals surface area contributed by atoms with Gasteiger partial charge in [0.25, 0.3) is 0 Å². The predicted molar refractivity (Wildman–Crippen MR) is 97.4 cm³/mol. The van der Waals surface area contributed by atoms with E-state index in [0.29, 0.717) is 5.56 Å². The van der Waals surface area contributed by atoms with Crippen LogP contribution in [0, 0.1) is 0 Å². The average molecular weight is 346 g/mol. The second-order valence-electron chi connectivity index (χ2n) is 5.78. The van der Waals surface area contributed by atoms with Gasteiger partial charge >= 0.3 is 5.97 Å². The molecule has 0 fully saturated rings. The van der Waals surface area contributed by atoms with Gasteiger partial charge in [-0.25, -0.2) is 0 Å². The highest BCUT2D eigenvalue weighted by Crippen LogP contribution is 2.25. The summed E-state index contributed by atoms with van der Waals surface area (Å²) in [5.41, 5.74) is 13.0. The minimum absolute atomic E-state index is 0.114. The number of hydrogen-bond donors (Lipinski definition) is 5. The van der Waals surface area contributed by atoms with Gasteiger partial charge in [-0.15, -0.1) is 0 Å². The van der Waals surface area contributed by atoms with Gasteiger partial charge in [0.05, 0.1) is 0 Å². The van der Waals surface area contributed by atoms with Crippen molar-refractivity contribution >= 4 is 5.97 Å². The average Bonchev–Trinajstić information content (AvgIpc) is 2.59. The standard InChI is InChI=1S/C10H15N.C9H11NO4/c1-2-6-10(11)9-7-4-3-5-8-9;10-6(9(13)14)3-5-1-2-7(11)8(12)4-5/h3-5,7-8,10H,2,6,11H2,1H3;1-2,4,6,11-12H,3,10H2,(H,13,14). The largest absolute Gasteiger partial charge is 0.504 e. The third kappa shape index (κ3) is 7.24. The van der Waals surface area contributed by atoms with Crippen molar-refractivity contribution < 1.29 is 20.1 Å². The Morgan fingerprint density at radius 3 is 2.20 bits per heavy atom. The SMILES string of the molecule is CCCC(N)c1ccccc1.NC(Cc1ccc(O)c(O)c1)C(=O)O. The molecule has 0 heterocycles. The van der Waals surface area contributed by atoms with Crippen LogP contribution in [0.2, 0.25) is 0 Å². The van der Waals surface area contributed by atoms with Gasteiger partial charge in [0.15, 0.2) is 11.5 Å². The maximum atomic E-state index is 10.4. The summed E-state index contributed by atoms with van der Waals surface area (Å²) in [4.78, 5) is 10.4. The Hall–Kier alpha value is -2.57. The number of hydrogen-bond acceptors (Lipinski definition) is 5. The van der Waals surface area contributed by atoms with Crippen molar-refractivity contribution in [2.75, 3.05) is 0 Å². The van der Waals surface area contributed by atoms with E-state index in [9.17, 15) is 4.79 Å². The summed E-state index contributed by atoms with van der Waals surface area (Å²) < 4.78 is 0. The summed E-state index contributed by atoms with van der Waals surface area (Å²) in [5, 5.41) is 26.6. The Labute approximate surface area is 147 Å². The van der Waals surface area contributed by atoms with E-state index in [-0.39, 0.29) is 24.0 Å². The number of carboxylic acid groups (broad SMARTS) is 1. The van der Waals surface area contributed by atoms with E-state index >= 15 is 0 Å². The van der Waals surface area contributed by atoms with Crippen molar-refractivity contribution in [3.05, 3.63) is 59.7 Å². The highest BCUT2D eigenvalue weighted by atomic mass is 16.4. The van der Waals surface area contributed by atoms with Crippen LogP contribution in [0.3, 0.4) is 0 Å². The second kappa shape index (κ2) is 10.3. The molecule has 2 aromatic rings. The zero-order valence-electron chi connectivity index (χ0n) is 14.3. The molecule has 25 heavy (non-hydrogen) atoms. The van der Waals surface area contributed by atoms with Gasteiger partial charge in [0, 0.05) is 6.04 Å². The summed E-state index contributed by atoms with van der Waals surface area (Å²) in [6.07, 6.45) is 2.34. The lowest BCUT2D eigenvalue weighted by Gasteiger charge is -2.09. The maximum absolute atomic E-state index is 10.4. The van der Waals surface area contributed by atoms with Gasteiger partial charge in [-0.2, -0.15) is 0 Å². The van der Waals surface area contributed by atoms with Crippen LogP contribution >= 0.6 is 0 Å². The fourth-order valence-electron chi connectivity index (χ4n) is 2.22. The molecule has 0 saturated heterocycles. The van der Waals surface area contributed by atoms with Crippen LogP contribution in [-0.2, 0) is 11.2 Å². The van der Waals surface area contributed by atoms with Crippen LogP contribution in [0.4, 0.5) is 0 Å². The van der Waals surface area contributed by atoms with Gasteiger partial charge in [0.2, 0.25) is 0 Å². The molecule has 0 aliphatic heterocycles. The molecule has 0 aliphatic rings. The van der Waals surface area contributed by atoms with Crippen molar-refractivity contribution in [3.8, 4) is 11.5 Å². The fraction of sp³-hybridized carbons (Fsp3) is 0.316. The summed E-state index contributed by atoms with van der Waals surface area (Å²) >= 11 is 0. The van der Waals surface area contributed by atoms with Gasteiger partial charge in [0.1, 0.15) is 6.04 Å². The maximum Gasteiger partial charge on any atom is 0.320 e. The van der Waals surface area contributed by atoms with Crippen molar-refractivity contribution in [1.82, 2.24) is 0 Å². The Morgan fingerprint density at radius 2 is 1.68 bits per heavy atom. The third-order valence-corrected chi connectivity index (χ3v) is 3.64. The molecular formula is C19H26N2O4. The summed E-state index contributed by atoms with van der Waals surface area (Å²) in [7, 11) is 0. The zero-order chi connectivity index (χ0) is 18.8. The highest BCUT2D eigenvalue weighted by molar-refractivity contribution is 5.73. The van der Waals surface area contributed by atoms with Crippen molar-refractivity contribution in [2.24, 2.45) is 11.5 Å². The van der Waals surface area contributed by atoms with Crippen molar-refractivity contribution in [2.45, 2.75) is 38.3 Å². The molecule has 0 aliphatic carbocycles. The molecule has 0 bridgehead atoms. The smallest absolute Gasteiger partial charge is 0.320 e. The molecule has 0 radical (unpaired) electrons.